The van der Waals surface area contributed by atoms with Gasteiger partial charge in [0.25, 0.3) is 0 Å². The van der Waals surface area contributed by atoms with Crippen LogP contribution in [0.15, 0.2) is 72.9 Å². The molecule has 434 valence electrons. The summed E-state index contributed by atoms with van der Waals surface area (Å²) in [6.07, 6.45) is 82.0. The second-order valence-corrected chi connectivity index (χ2v) is 21.6. The molecule has 1 unspecified atom stereocenters. The molecule has 0 heterocycles. The van der Waals surface area contributed by atoms with E-state index < -0.39 is 6.10 Å². The minimum atomic E-state index is -0.778. The molecule has 0 aliphatic rings. The van der Waals surface area contributed by atoms with Gasteiger partial charge in [-0.3, -0.25) is 14.4 Å². The van der Waals surface area contributed by atoms with Crippen molar-refractivity contribution in [3.63, 3.8) is 0 Å². The maximum Gasteiger partial charge on any atom is 0.306 e. The van der Waals surface area contributed by atoms with E-state index in [-0.39, 0.29) is 31.1 Å². The molecule has 0 radical (unpaired) electrons. The van der Waals surface area contributed by atoms with E-state index in [2.05, 4.69) is 93.7 Å². The van der Waals surface area contributed by atoms with E-state index in [1.807, 2.05) is 0 Å². The highest BCUT2D eigenvalue weighted by Crippen LogP contribution is 2.17. The summed E-state index contributed by atoms with van der Waals surface area (Å²) in [4.78, 5) is 38.3. The Hall–Kier alpha value is -3.15. The fourth-order valence-electron chi connectivity index (χ4n) is 9.34. The lowest BCUT2D eigenvalue weighted by atomic mass is 10.0. The number of unbranched alkanes of at least 4 members (excludes halogenated alkanes) is 36. The molecule has 0 aliphatic heterocycles. The van der Waals surface area contributed by atoms with Crippen molar-refractivity contribution in [2.75, 3.05) is 13.2 Å². The molecule has 0 bridgehead atoms. The molecule has 0 amide bonds. The van der Waals surface area contributed by atoms with Gasteiger partial charge in [-0.25, -0.2) is 0 Å². The number of hydrogen-bond acceptors (Lipinski definition) is 6. The van der Waals surface area contributed by atoms with Crippen LogP contribution in [0.2, 0.25) is 0 Å². The molecule has 0 N–H and O–H groups in total. The van der Waals surface area contributed by atoms with Crippen molar-refractivity contribution in [3.05, 3.63) is 72.9 Å². The van der Waals surface area contributed by atoms with Crippen molar-refractivity contribution in [2.45, 2.75) is 335 Å². The van der Waals surface area contributed by atoms with Gasteiger partial charge < -0.3 is 14.2 Å². The Balaban J connectivity index is 4.23. The number of esters is 3. The summed E-state index contributed by atoms with van der Waals surface area (Å²) in [5, 5.41) is 0. The Morgan fingerprint density at radius 3 is 0.867 bits per heavy atom. The monoisotopic (exact) mass is 1050 g/mol. The molecule has 0 aromatic rings. The number of allylic oxidation sites excluding steroid dienone is 12. The third kappa shape index (κ3) is 61.6. The first-order valence-corrected chi connectivity index (χ1v) is 32.4. The first-order valence-electron chi connectivity index (χ1n) is 32.4. The Kier molecular flexibility index (Phi) is 60.7. The van der Waals surface area contributed by atoms with Crippen molar-refractivity contribution in [1.29, 1.82) is 0 Å². The van der Waals surface area contributed by atoms with E-state index in [4.69, 9.17) is 14.2 Å². The molecule has 0 aromatic carbocycles. The van der Waals surface area contributed by atoms with Gasteiger partial charge in [-0.2, -0.15) is 0 Å². The molecule has 6 heteroatoms. The minimum Gasteiger partial charge on any atom is -0.462 e. The summed E-state index contributed by atoms with van der Waals surface area (Å²) in [5.41, 5.74) is 0. The second-order valence-electron chi connectivity index (χ2n) is 21.6. The first-order chi connectivity index (χ1) is 37.0. The van der Waals surface area contributed by atoms with E-state index in [1.54, 1.807) is 0 Å². The van der Waals surface area contributed by atoms with Crippen LogP contribution in [0.5, 0.6) is 0 Å². The van der Waals surface area contributed by atoms with Crippen LogP contribution in [0.4, 0.5) is 0 Å². The number of carbonyl (C=O) groups excluding carboxylic acids is 3. The van der Waals surface area contributed by atoms with Crippen molar-refractivity contribution in [2.24, 2.45) is 0 Å². The Bertz CT molecular complexity index is 1390. The summed E-state index contributed by atoms with van der Waals surface area (Å²) < 4.78 is 16.9. The zero-order valence-electron chi connectivity index (χ0n) is 49.8. The van der Waals surface area contributed by atoms with Crippen molar-refractivity contribution >= 4 is 17.9 Å². The van der Waals surface area contributed by atoms with Crippen LogP contribution in [-0.4, -0.2) is 37.2 Å². The Morgan fingerprint density at radius 1 is 0.280 bits per heavy atom. The van der Waals surface area contributed by atoms with Gasteiger partial charge in [0.1, 0.15) is 13.2 Å². The summed E-state index contributed by atoms with van der Waals surface area (Å²) in [6, 6.07) is 0. The first kappa shape index (κ1) is 71.8. The van der Waals surface area contributed by atoms with Gasteiger partial charge in [-0.15, -0.1) is 0 Å². The van der Waals surface area contributed by atoms with Crippen molar-refractivity contribution in [3.8, 4) is 0 Å². The maximum absolute atomic E-state index is 12.9. The zero-order chi connectivity index (χ0) is 54.3. The SMILES string of the molecule is CC/C=C\C/C=C\C/C=C\C/C=C\C/C=C\CCCCCCCCCCCCCC(=O)OCC(COC(=O)CCCCCCC/C=C\CCCC)OC(=O)CCCCCCCCCCCCCCCCCCCCC. The molecule has 6 nitrogen and oxygen atoms in total. The molecule has 0 aromatic heterocycles. The predicted octanol–water partition coefficient (Wildman–Crippen LogP) is 22.1. The van der Waals surface area contributed by atoms with Crippen molar-refractivity contribution in [1.82, 2.24) is 0 Å². The van der Waals surface area contributed by atoms with Gasteiger partial charge in [0.2, 0.25) is 0 Å². The van der Waals surface area contributed by atoms with E-state index >= 15 is 0 Å². The third-order valence-corrected chi connectivity index (χ3v) is 14.2. The highest BCUT2D eigenvalue weighted by Gasteiger charge is 2.19. The number of ether oxygens (including phenoxy) is 3. The minimum absolute atomic E-state index is 0.0761. The molecule has 0 saturated heterocycles. The molecular formula is C69H122O6. The van der Waals surface area contributed by atoms with Crippen LogP contribution in [0, 0.1) is 0 Å². The van der Waals surface area contributed by atoms with Crippen LogP contribution in [0.3, 0.4) is 0 Å². The summed E-state index contributed by atoms with van der Waals surface area (Å²) in [5.74, 6) is -0.872. The molecule has 0 rings (SSSR count). The topological polar surface area (TPSA) is 78.9 Å². The fraction of sp³-hybridized carbons (Fsp3) is 0.783. The lowest BCUT2D eigenvalue weighted by Gasteiger charge is -2.18. The third-order valence-electron chi connectivity index (χ3n) is 14.2. The van der Waals surface area contributed by atoms with E-state index in [0.29, 0.717) is 19.3 Å². The second kappa shape index (κ2) is 63.4. The van der Waals surface area contributed by atoms with Gasteiger partial charge in [0.05, 0.1) is 0 Å². The quantitative estimate of drug-likeness (QED) is 0.0261. The van der Waals surface area contributed by atoms with E-state index in [1.165, 1.54) is 193 Å². The van der Waals surface area contributed by atoms with Gasteiger partial charge in [0.15, 0.2) is 6.10 Å². The molecular weight excluding hydrogens is 925 g/mol. The summed E-state index contributed by atoms with van der Waals surface area (Å²) >= 11 is 0. The highest BCUT2D eigenvalue weighted by atomic mass is 16.6. The number of rotatable bonds is 59. The van der Waals surface area contributed by atoms with Crippen LogP contribution < -0.4 is 0 Å². The normalized spacial score (nSPS) is 12.5. The molecule has 0 spiro atoms. The fourth-order valence-corrected chi connectivity index (χ4v) is 9.34. The van der Waals surface area contributed by atoms with Gasteiger partial charge in [-0.05, 0) is 83.5 Å². The number of hydrogen-bond donors (Lipinski definition) is 0. The van der Waals surface area contributed by atoms with Gasteiger partial charge in [-0.1, -0.05) is 299 Å². The molecule has 0 saturated carbocycles. The standard InChI is InChI=1S/C69H122O6/c1-4-7-10-13-16-19-22-24-26-28-30-31-32-33-34-35-36-37-39-40-42-44-47-50-53-56-59-62-68(71)74-65-66(64-73-67(70)61-58-55-52-49-46-21-18-15-12-9-6-3)75-69(72)63-60-57-54-51-48-45-43-41-38-29-27-25-23-20-17-14-11-8-5-2/h7,10,15-16,18-19,24,26,30-31,33-34,66H,4-6,8-9,11-14,17,20-23,25,27-29,32,35-65H2,1-3H3/b10-7-,18-15-,19-16-,26-24-,31-30-,34-33-. The molecule has 75 heavy (non-hydrogen) atoms. The maximum atomic E-state index is 12.9. The Labute approximate surface area is 465 Å². The Morgan fingerprint density at radius 2 is 0.533 bits per heavy atom. The highest BCUT2D eigenvalue weighted by molar-refractivity contribution is 5.71. The van der Waals surface area contributed by atoms with Crippen LogP contribution in [0.1, 0.15) is 329 Å². The largest absolute Gasteiger partial charge is 0.462 e. The lowest BCUT2D eigenvalue weighted by Crippen LogP contribution is -2.30. The van der Waals surface area contributed by atoms with Gasteiger partial charge >= 0.3 is 17.9 Å². The average molecular weight is 1050 g/mol. The van der Waals surface area contributed by atoms with Crippen molar-refractivity contribution < 1.29 is 28.6 Å². The van der Waals surface area contributed by atoms with E-state index in [0.717, 1.165) is 96.3 Å². The summed E-state index contributed by atoms with van der Waals surface area (Å²) in [6.45, 7) is 6.52. The van der Waals surface area contributed by atoms with Crippen LogP contribution in [-0.2, 0) is 28.6 Å². The van der Waals surface area contributed by atoms with E-state index in [9.17, 15) is 14.4 Å². The summed E-state index contributed by atoms with van der Waals surface area (Å²) in [7, 11) is 0. The van der Waals surface area contributed by atoms with Crippen LogP contribution in [0.25, 0.3) is 0 Å². The zero-order valence-corrected chi connectivity index (χ0v) is 49.8. The average Bonchev–Trinajstić information content (AvgIpc) is 3.41. The lowest BCUT2D eigenvalue weighted by molar-refractivity contribution is -0.167. The van der Waals surface area contributed by atoms with Crippen LogP contribution >= 0.6 is 0 Å². The number of carbonyl (C=O) groups is 3. The van der Waals surface area contributed by atoms with Gasteiger partial charge in [0, 0.05) is 19.3 Å². The molecule has 1 atom stereocenters. The predicted molar refractivity (Wildman–Crippen MR) is 325 cm³/mol. The molecule has 0 fully saturated rings. The molecule has 0 aliphatic carbocycles. The smallest absolute Gasteiger partial charge is 0.306 e.